The first-order valence-electron chi connectivity index (χ1n) is 6.86. The van der Waals surface area contributed by atoms with Gasteiger partial charge in [0.15, 0.2) is 5.17 Å². The molecule has 2 rings (SSSR count). The Kier molecular flexibility index (Phi) is 4.56. The molecule has 104 valence electrons. The molecule has 0 saturated carbocycles. The highest BCUT2D eigenvalue weighted by molar-refractivity contribution is 8.14. The first-order valence-corrected chi connectivity index (χ1v) is 7.85. The summed E-state index contributed by atoms with van der Waals surface area (Å²) in [5, 5.41) is 4.70. The van der Waals surface area contributed by atoms with E-state index in [0.29, 0.717) is 6.04 Å². The Labute approximate surface area is 115 Å². The second kappa shape index (κ2) is 5.80. The third-order valence-corrected chi connectivity index (χ3v) is 5.43. The van der Waals surface area contributed by atoms with Crippen LogP contribution in [0.2, 0.25) is 0 Å². The van der Waals surface area contributed by atoms with Crippen molar-refractivity contribution in [2.75, 3.05) is 46.0 Å². The zero-order chi connectivity index (χ0) is 13.2. The van der Waals surface area contributed by atoms with E-state index in [1.807, 2.05) is 11.8 Å². The van der Waals surface area contributed by atoms with Gasteiger partial charge in [-0.3, -0.25) is 9.89 Å². The van der Waals surface area contributed by atoms with Gasteiger partial charge in [0.05, 0.1) is 6.54 Å². The minimum absolute atomic E-state index is 0.249. The summed E-state index contributed by atoms with van der Waals surface area (Å²) in [6, 6.07) is 0.562. The predicted octanol–water partition coefficient (Wildman–Crippen LogP) is 1.09. The highest BCUT2D eigenvalue weighted by atomic mass is 32.2. The van der Waals surface area contributed by atoms with Crippen LogP contribution in [-0.4, -0.2) is 72.6 Å². The van der Waals surface area contributed by atoms with Crippen LogP contribution >= 0.6 is 11.8 Å². The van der Waals surface area contributed by atoms with Crippen molar-refractivity contribution < 1.29 is 0 Å². The van der Waals surface area contributed by atoms with Gasteiger partial charge >= 0.3 is 0 Å². The van der Waals surface area contributed by atoms with Crippen molar-refractivity contribution >= 4 is 16.9 Å². The smallest absolute Gasteiger partial charge is 0.157 e. The van der Waals surface area contributed by atoms with E-state index in [1.165, 1.54) is 6.54 Å². The highest BCUT2D eigenvalue weighted by Gasteiger charge is 2.31. The van der Waals surface area contributed by atoms with Gasteiger partial charge in [-0.05, 0) is 27.4 Å². The van der Waals surface area contributed by atoms with Gasteiger partial charge in [0.1, 0.15) is 0 Å². The van der Waals surface area contributed by atoms with Crippen LogP contribution in [0, 0.1) is 0 Å². The van der Waals surface area contributed by atoms with E-state index in [1.54, 1.807) is 0 Å². The summed E-state index contributed by atoms with van der Waals surface area (Å²) in [7, 11) is 4.41. The second-order valence-corrected chi connectivity index (χ2v) is 6.83. The Bertz CT molecular complexity index is 320. The quantitative estimate of drug-likeness (QED) is 0.832. The van der Waals surface area contributed by atoms with Crippen molar-refractivity contribution in [3.05, 3.63) is 0 Å². The lowest BCUT2D eigenvalue weighted by Crippen LogP contribution is -2.51. The van der Waals surface area contributed by atoms with Crippen LogP contribution in [0.3, 0.4) is 0 Å². The molecule has 0 aromatic carbocycles. The van der Waals surface area contributed by atoms with Gasteiger partial charge in [-0.1, -0.05) is 18.7 Å². The maximum Gasteiger partial charge on any atom is 0.157 e. The number of rotatable bonds is 3. The van der Waals surface area contributed by atoms with Gasteiger partial charge in [0.2, 0.25) is 0 Å². The van der Waals surface area contributed by atoms with Crippen molar-refractivity contribution in [3.8, 4) is 0 Å². The molecule has 2 fully saturated rings. The van der Waals surface area contributed by atoms with Gasteiger partial charge in [-0.2, -0.15) is 0 Å². The molecule has 2 heterocycles. The monoisotopic (exact) mass is 270 g/mol. The summed E-state index contributed by atoms with van der Waals surface area (Å²) in [5.74, 6) is 1.14. The molecular formula is C13H26N4S. The van der Waals surface area contributed by atoms with E-state index in [-0.39, 0.29) is 5.54 Å². The van der Waals surface area contributed by atoms with Crippen molar-refractivity contribution in [1.82, 2.24) is 15.1 Å². The van der Waals surface area contributed by atoms with E-state index in [9.17, 15) is 0 Å². The van der Waals surface area contributed by atoms with Gasteiger partial charge in [-0.15, -0.1) is 0 Å². The molecule has 0 aliphatic carbocycles. The van der Waals surface area contributed by atoms with E-state index in [2.05, 4.69) is 43.1 Å². The maximum absolute atomic E-state index is 4.78. The van der Waals surface area contributed by atoms with Crippen LogP contribution in [-0.2, 0) is 0 Å². The lowest BCUT2D eigenvalue weighted by atomic mass is 10.0. The molecule has 0 aromatic rings. The Morgan fingerprint density at radius 3 is 2.89 bits per heavy atom. The minimum atomic E-state index is 0.249. The minimum Gasteiger partial charge on any atom is -0.359 e. The van der Waals surface area contributed by atoms with Crippen molar-refractivity contribution in [2.24, 2.45) is 4.99 Å². The standard InChI is InChI=1S/C13H26N4S/c1-5-13(2)10-18-12(15-13)14-8-11-9-16(3)6-7-17(11)4/h11H,5-10H2,1-4H3,(H,14,15). The molecule has 0 radical (unpaired) electrons. The third-order valence-electron chi connectivity index (χ3n) is 4.14. The number of nitrogens with zero attached hydrogens (tertiary/aromatic N) is 3. The number of aliphatic imine (C=N–C) groups is 1. The molecule has 4 nitrogen and oxygen atoms in total. The molecule has 0 aromatic heterocycles. The predicted molar refractivity (Wildman–Crippen MR) is 80.5 cm³/mol. The Balaban J connectivity index is 1.87. The topological polar surface area (TPSA) is 30.9 Å². The van der Waals surface area contributed by atoms with E-state index >= 15 is 0 Å². The largest absolute Gasteiger partial charge is 0.359 e. The zero-order valence-corrected chi connectivity index (χ0v) is 12.9. The number of amidine groups is 1. The summed E-state index contributed by atoms with van der Waals surface area (Å²) >= 11 is 1.87. The van der Waals surface area contributed by atoms with Crippen LogP contribution in [0.25, 0.3) is 0 Å². The van der Waals surface area contributed by atoms with Gasteiger partial charge < -0.3 is 10.2 Å². The van der Waals surface area contributed by atoms with Gasteiger partial charge in [-0.25, -0.2) is 0 Å². The fourth-order valence-corrected chi connectivity index (χ4v) is 3.54. The second-order valence-electron chi connectivity index (χ2n) is 5.87. The lowest BCUT2D eigenvalue weighted by Gasteiger charge is -2.36. The molecule has 5 heteroatoms. The highest BCUT2D eigenvalue weighted by Crippen LogP contribution is 2.25. The van der Waals surface area contributed by atoms with Crippen molar-refractivity contribution in [2.45, 2.75) is 31.8 Å². The van der Waals surface area contributed by atoms with Crippen LogP contribution in [0.4, 0.5) is 0 Å². The molecular weight excluding hydrogens is 244 g/mol. The maximum atomic E-state index is 4.78. The number of thioether (sulfide) groups is 1. The molecule has 0 spiro atoms. The van der Waals surface area contributed by atoms with Crippen molar-refractivity contribution in [3.63, 3.8) is 0 Å². The SMILES string of the molecule is CCC1(C)CSC(=NCC2CN(C)CCN2C)N1. The summed E-state index contributed by atoms with van der Waals surface area (Å²) in [6.07, 6.45) is 1.16. The average Bonchev–Trinajstić information content (AvgIpc) is 2.73. The molecule has 2 saturated heterocycles. The lowest BCUT2D eigenvalue weighted by molar-refractivity contribution is 0.119. The molecule has 2 unspecified atom stereocenters. The van der Waals surface area contributed by atoms with E-state index in [4.69, 9.17) is 4.99 Å². The summed E-state index contributed by atoms with van der Waals surface area (Å²) in [5.41, 5.74) is 0.249. The van der Waals surface area contributed by atoms with Crippen LogP contribution in [0.1, 0.15) is 20.3 Å². The molecule has 0 amide bonds. The normalized spacial score (nSPS) is 37.1. The van der Waals surface area contributed by atoms with E-state index in [0.717, 1.165) is 37.0 Å². The fourth-order valence-electron chi connectivity index (χ4n) is 2.32. The Morgan fingerprint density at radius 1 is 1.44 bits per heavy atom. The summed E-state index contributed by atoms with van der Waals surface area (Å²) in [4.78, 5) is 9.61. The first kappa shape index (κ1) is 14.2. The molecule has 1 N–H and O–H groups in total. The van der Waals surface area contributed by atoms with Crippen LogP contribution in [0.15, 0.2) is 4.99 Å². The molecule has 2 aliphatic rings. The third kappa shape index (κ3) is 3.39. The summed E-state index contributed by atoms with van der Waals surface area (Å²) < 4.78 is 0. The van der Waals surface area contributed by atoms with Gasteiger partial charge in [0.25, 0.3) is 0 Å². The Morgan fingerprint density at radius 2 is 2.22 bits per heavy atom. The first-order chi connectivity index (χ1) is 8.52. The van der Waals surface area contributed by atoms with Gasteiger partial charge in [0, 0.05) is 37.0 Å². The molecule has 2 atom stereocenters. The van der Waals surface area contributed by atoms with Crippen LogP contribution in [0.5, 0.6) is 0 Å². The number of hydrogen-bond acceptors (Lipinski definition) is 4. The Hall–Kier alpha value is -0.260. The fraction of sp³-hybridized carbons (Fsp3) is 0.923. The number of nitrogens with one attached hydrogen (secondary N) is 1. The van der Waals surface area contributed by atoms with Crippen molar-refractivity contribution in [1.29, 1.82) is 0 Å². The average molecular weight is 270 g/mol. The molecule has 2 aliphatic heterocycles. The molecule has 18 heavy (non-hydrogen) atoms. The summed E-state index contributed by atoms with van der Waals surface area (Å²) in [6.45, 7) is 8.88. The zero-order valence-electron chi connectivity index (χ0n) is 12.1. The number of likely N-dealkylation sites (N-methyl/N-ethyl adjacent to an activating group) is 2. The van der Waals surface area contributed by atoms with Crippen LogP contribution < -0.4 is 5.32 Å². The van der Waals surface area contributed by atoms with E-state index < -0.39 is 0 Å². The number of piperazine rings is 1. The number of hydrogen-bond donors (Lipinski definition) is 1. The molecule has 0 bridgehead atoms.